The van der Waals surface area contributed by atoms with E-state index in [4.69, 9.17) is 37.5 Å². The van der Waals surface area contributed by atoms with E-state index in [9.17, 15) is 35.9 Å². The van der Waals surface area contributed by atoms with E-state index in [1.54, 1.807) is 12.1 Å². The highest BCUT2D eigenvalue weighted by molar-refractivity contribution is 5.86. The molecule has 0 spiro atoms. The van der Waals surface area contributed by atoms with Crippen molar-refractivity contribution in [1.29, 1.82) is 0 Å². The Morgan fingerprint density at radius 2 is 0.986 bits per heavy atom. The normalized spacial score (nSPS) is 16.1. The van der Waals surface area contributed by atoms with Gasteiger partial charge in [-0.3, -0.25) is 9.59 Å². The number of fused-ring (bicyclic) bond motifs is 4. The van der Waals surface area contributed by atoms with Crippen LogP contribution >= 0.6 is 0 Å². The molecule has 0 unspecified atom stereocenters. The number of carbonyl (C=O) groups is 2. The smallest absolute Gasteiger partial charge is 0.437 e. The Bertz CT molecular complexity index is 2630. The summed E-state index contributed by atoms with van der Waals surface area (Å²) in [4.78, 5) is 23.9. The number of nitrogens with zero attached hydrogens (tertiary/aromatic N) is 2. The highest BCUT2D eigenvalue weighted by Crippen LogP contribution is 2.43. The molecule has 0 N–H and O–H groups in total. The number of aromatic nitrogens is 2. The van der Waals surface area contributed by atoms with E-state index in [-0.39, 0.29) is 57.5 Å². The van der Waals surface area contributed by atoms with Crippen molar-refractivity contribution in [2.24, 2.45) is 11.8 Å². The molecule has 388 valence electrons. The van der Waals surface area contributed by atoms with Crippen molar-refractivity contribution in [2.75, 3.05) is 40.6 Å². The Morgan fingerprint density at radius 3 is 1.35 bits per heavy atom. The average Bonchev–Trinajstić information content (AvgIpc) is 4.19. The van der Waals surface area contributed by atoms with Crippen LogP contribution in [0.25, 0.3) is 21.9 Å². The highest BCUT2D eigenvalue weighted by Gasteiger charge is 2.39. The Morgan fingerprint density at radius 1 is 0.597 bits per heavy atom. The predicted octanol–water partition coefficient (Wildman–Crippen LogP) is 13.0. The fraction of sp³-hybridized carbons (Fsp3) is 0.481. The lowest BCUT2D eigenvalue weighted by molar-refractivity contribution is -0.146. The third-order valence-electron chi connectivity index (χ3n) is 13.4. The molecule has 2 aliphatic rings. The SMILES string of the molecule is CCCc1c(OCCCOc2ccc3c(c2)CC[C@@H]3[C@@H](C)C(=O)OC)ccc2c(C(F)(F)F)noc12.CCCc1c(OCCCOc2ccc3c(c2)CC[C@H]3[C@H](C)C(=O)OC)ccc2c(C(F)(F)F)noc12. The van der Waals surface area contributed by atoms with E-state index >= 15 is 0 Å². The topological polar surface area (TPSA) is 142 Å². The Labute approximate surface area is 413 Å². The molecule has 12 nitrogen and oxygen atoms in total. The lowest BCUT2D eigenvalue weighted by Crippen LogP contribution is -2.19. The van der Waals surface area contributed by atoms with E-state index in [1.165, 1.54) is 48.6 Å². The van der Waals surface area contributed by atoms with Crippen LogP contribution in [0.5, 0.6) is 23.0 Å². The van der Waals surface area contributed by atoms with Gasteiger partial charge in [-0.05, 0) is 121 Å². The standard InChI is InChI=1S/2C27H30F3NO5/c2*1-4-6-21-23(12-11-22-24(21)36-31-25(22)27(28,29)30)35-14-5-13-34-18-8-10-20-17(15-18)7-9-19(20)16(2)26(32)33-3/h2*8,10-12,15-16,19H,4-7,9,13-14H2,1-3H3/t2*16-,19-/m10/s1. The molecule has 0 bridgehead atoms. The number of hydrogen-bond acceptors (Lipinski definition) is 12. The van der Waals surface area contributed by atoms with Crippen molar-refractivity contribution in [3.05, 3.63) is 105 Å². The van der Waals surface area contributed by atoms with Crippen LogP contribution in [0.3, 0.4) is 0 Å². The molecular weight excluding hydrogens is 951 g/mol. The van der Waals surface area contributed by atoms with Gasteiger partial charge in [-0.15, -0.1) is 0 Å². The van der Waals surface area contributed by atoms with Gasteiger partial charge < -0.3 is 37.5 Å². The third-order valence-corrected chi connectivity index (χ3v) is 13.4. The van der Waals surface area contributed by atoms with Crippen molar-refractivity contribution >= 4 is 33.9 Å². The molecule has 0 aliphatic heterocycles. The predicted molar refractivity (Wildman–Crippen MR) is 255 cm³/mol. The number of carbonyl (C=O) groups excluding carboxylic acids is 2. The van der Waals surface area contributed by atoms with Gasteiger partial charge >= 0.3 is 24.3 Å². The van der Waals surface area contributed by atoms with Gasteiger partial charge in [0.15, 0.2) is 22.6 Å². The molecule has 2 aliphatic carbocycles. The number of aryl methyl sites for hydroxylation is 4. The molecule has 2 heterocycles. The molecule has 0 amide bonds. The summed E-state index contributed by atoms with van der Waals surface area (Å²) >= 11 is 0. The molecule has 0 fully saturated rings. The number of ether oxygens (including phenoxy) is 6. The maximum absolute atomic E-state index is 13.2. The maximum atomic E-state index is 13.2. The molecule has 8 rings (SSSR count). The van der Waals surface area contributed by atoms with Crippen LogP contribution in [0.15, 0.2) is 69.7 Å². The molecule has 2 aromatic heterocycles. The van der Waals surface area contributed by atoms with Gasteiger partial charge in [0.05, 0.1) is 63.3 Å². The zero-order valence-electron chi connectivity index (χ0n) is 41.2. The zero-order chi connectivity index (χ0) is 51.7. The first-order valence-corrected chi connectivity index (χ1v) is 24.4. The number of halogens is 6. The molecule has 0 radical (unpaired) electrons. The van der Waals surface area contributed by atoms with Crippen molar-refractivity contribution < 1.29 is 73.4 Å². The van der Waals surface area contributed by atoms with E-state index in [1.807, 2.05) is 64.1 Å². The first-order valence-electron chi connectivity index (χ1n) is 24.4. The number of alkyl halides is 6. The first kappa shape index (κ1) is 53.3. The van der Waals surface area contributed by atoms with Gasteiger partial charge in [0.25, 0.3) is 0 Å². The fourth-order valence-electron chi connectivity index (χ4n) is 9.77. The minimum absolute atomic E-state index is 0.0542. The zero-order valence-corrected chi connectivity index (χ0v) is 41.2. The summed E-state index contributed by atoms with van der Waals surface area (Å²) in [6.45, 7) is 9.20. The summed E-state index contributed by atoms with van der Waals surface area (Å²) in [5, 5.41) is 6.39. The lowest BCUT2D eigenvalue weighted by Gasteiger charge is -2.18. The van der Waals surface area contributed by atoms with Gasteiger partial charge in [0, 0.05) is 24.0 Å². The Hall–Kier alpha value is -6.46. The summed E-state index contributed by atoms with van der Waals surface area (Å²) in [6, 6.07) is 17.7. The second kappa shape index (κ2) is 23.4. The largest absolute Gasteiger partial charge is 0.493 e. The van der Waals surface area contributed by atoms with Crippen LogP contribution in [0.4, 0.5) is 26.3 Å². The molecule has 4 atom stereocenters. The Balaban J connectivity index is 0.000000211. The molecule has 18 heteroatoms. The molecule has 0 saturated heterocycles. The Kier molecular flexibility index (Phi) is 17.3. The van der Waals surface area contributed by atoms with Crippen LogP contribution in [-0.4, -0.2) is 62.9 Å². The number of hydrogen-bond donors (Lipinski definition) is 0. The van der Waals surface area contributed by atoms with E-state index < -0.39 is 23.7 Å². The summed E-state index contributed by atoms with van der Waals surface area (Å²) in [7, 11) is 2.83. The summed E-state index contributed by atoms with van der Waals surface area (Å²) in [5.74, 6) is 2.06. The van der Waals surface area contributed by atoms with Crippen molar-refractivity contribution in [3.63, 3.8) is 0 Å². The highest BCUT2D eigenvalue weighted by atomic mass is 19.4. The monoisotopic (exact) mass is 1010 g/mol. The minimum atomic E-state index is -4.58. The van der Waals surface area contributed by atoms with Crippen molar-refractivity contribution in [1.82, 2.24) is 10.3 Å². The number of methoxy groups -OCH3 is 2. The van der Waals surface area contributed by atoms with Crippen molar-refractivity contribution in [2.45, 2.75) is 116 Å². The number of esters is 2. The summed E-state index contributed by atoms with van der Waals surface area (Å²) in [6.07, 6.45) is -1.91. The fourth-order valence-corrected chi connectivity index (χ4v) is 9.77. The molecule has 4 aromatic carbocycles. The summed E-state index contributed by atoms with van der Waals surface area (Å²) in [5.41, 5.74) is 4.10. The maximum Gasteiger partial charge on any atom is 0.437 e. The van der Waals surface area contributed by atoms with Gasteiger partial charge in [-0.1, -0.05) is 63.0 Å². The van der Waals surface area contributed by atoms with Crippen LogP contribution in [0.1, 0.15) is 123 Å². The van der Waals surface area contributed by atoms with Gasteiger partial charge in [0.2, 0.25) is 0 Å². The second-order valence-corrected chi connectivity index (χ2v) is 18.1. The third kappa shape index (κ3) is 12.1. The number of benzene rings is 4. The minimum Gasteiger partial charge on any atom is -0.493 e. The van der Waals surface area contributed by atoms with E-state index in [0.717, 1.165) is 50.0 Å². The van der Waals surface area contributed by atoms with Crippen LogP contribution < -0.4 is 18.9 Å². The first-order chi connectivity index (χ1) is 34.5. The molecule has 72 heavy (non-hydrogen) atoms. The van der Waals surface area contributed by atoms with Gasteiger partial charge in [-0.2, -0.15) is 26.3 Å². The molecular formula is C54H60F6N2O10. The van der Waals surface area contributed by atoms with Gasteiger partial charge in [-0.25, -0.2) is 0 Å². The van der Waals surface area contributed by atoms with Crippen LogP contribution in [-0.2, 0) is 57.1 Å². The van der Waals surface area contributed by atoms with Crippen LogP contribution in [0.2, 0.25) is 0 Å². The van der Waals surface area contributed by atoms with Crippen molar-refractivity contribution in [3.8, 4) is 23.0 Å². The van der Waals surface area contributed by atoms with E-state index in [0.29, 0.717) is 74.7 Å². The van der Waals surface area contributed by atoms with Gasteiger partial charge in [0.1, 0.15) is 23.0 Å². The summed E-state index contributed by atoms with van der Waals surface area (Å²) < 4.78 is 123. The van der Waals surface area contributed by atoms with Crippen LogP contribution in [0, 0.1) is 11.8 Å². The molecule has 0 saturated carbocycles. The average molecular weight is 1010 g/mol. The number of rotatable bonds is 20. The molecule has 6 aromatic rings. The quantitative estimate of drug-likeness (QED) is 0.0408. The second-order valence-electron chi connectivity index (χ2n) is 18.1. The van der Waals surface area contributed by atoms with E-state index in [2.05, 4.69) is 10.3 Å². The lowest BCUT2D eigenvalue weighted by atomic mass is 9.89.